The zero-order chi connectivity index (χ0) is 11.5. The summed E-state index contributed by atoms with van der Waals surface area (Å²) >= 11 is 0. The maximum absolute atomic E-state index is 11.7. The second-order valence-electron chi connectivity index (χ2n) is 3.68. The molecule has 0 spiro atoms. The molecule has 0 aliphatic carbocycles. The number of aryl methyl sites for hydroxylation is 1. The molecule has 3 heteroatoms. The van der Waals surface area contributed by atoms with Crippen LogP contribution in [0, 0.1) is 6.92 Å². The molecule has 3 nitrogen and oxygen atoms in total. The molecule has 0 aliphatic rings. The minimum absolute atomic E-state index is 0.179. The quantitative estimate of drug-likeness (QED) is 0.768. The van der Waals surface area contributed by atoms with Gasteiger partial charge < -0.3 is 0 Å². The number of hydrogen-bond donors (Lipinski definition) is 0. The zero-order valence-electron chi connectivity index (χ0n) is 9.47. The van der Waals surface area contributed by atoms with Crippen molar-refractivity contribution in [1.82, 2.24) is 9.55 Å². The molecule has 0 saturated carbocycles. The average molecular weight is 214 g/mol. The molecule has 0 aliphatic heterocycles. The highest BCUT2D eigenvalue weighted by Gasteiger charge is 2.04. The summed E-state index contributed by atoms with van der Waals surface area (Å²) in [5.74, 6) is 0. The van der Waals surface area contributed by atoms with Crippen LogP contribution < -0.4 is 5.69 Å². The molecule has 82 valence electrons. The molecule has 1 aromatic carbocycles. The van der Waals surface area contributed by atoms with E-state index in [9.17, 15) is 4.79 Å². The van der Waals surface area contributed by atoms with Crippen LogP contribution in [-0.2, 0) is 6.54 Å². The van der Waals surface area contributed by atoms with Crippen molar-refractivity contribution in [2.45, 2.75) is 20.4 Å². The fraction of sp³-hybridized carbons (Fsp3) is 0.231. The largest absolute Gasteiger partial charge is 0.348 e. The van der Waals surface area contributed by atoms with Gasteiger partial charge in [-0.3, -0.25) is 4.57 Å². The van der Waals surface area contributed by atoms with E-state index in [-0.39, 0.29) is 5.69 Å². The first-order chi connectivity index (χ1) is 7.72. The van der Waals surface area contributed by atoms with Crippen molar-refractivity contribution >= 4 is 0 Å². The fourth-order valence-electron chi connectivity index (χ4n) is 1.76. The molecule has 2 rings (SSSR count). The predicted molar refractivity (Wildman–Crippen MR) is 64.3 cm³/mol. The van der Waals surface area contributed by atoms with Crippen LogP contribution in [0.3, 0.4) is 0 Å². The summed E-state index contributed by atoms with van der Waals surface area (Å²) in [4.78, 5) is 15.8. The van der Waals surface area contributed by atoms with Gasteiger partial charge in [0.2, 0.25) is 0 Å². The monoisotopic (exact) mass is 214 g/mol. The Hall–Kier alpha value is -1.90. The van der Waals surface area contributed by atoms with Crippen molar-refractivity contribution in [2.24, 2.45) is 0 Å². The Morgan fingerprint density at radius 3 is 2.50 bits per heavy atom. The Morgan fingerprint density at radius 2 is 1.94 bits per heavy atom. The number of hydrogen-bond acceptors (Lipinski definition) is 2. The number of benzene rings is 1. The van der Waals surface area contributed by atoms with Gasteiger partial charge in [-0.2, -0.15) is 4.98 Å². The van der Waals surface area contributed by atoms with Crippen molar-refractivity contribution in [3.63, 3.8) is 0 Å². The first-order valence-electron chi connectivity index (χ1n) is 5.36. The van der Waals surface area contributed by atoms with E-state index in [1.807, 2.05) is 50.2 Å². The smallest absolute Gasteiger partial charge is 0.297 e. The Balaban J connectivity index is 2.57. The highest BCUT2D eigenvalue weighted by atomic mass is 16.1. The normalized spacial score (nSPS) is 10.4. The Kier molecular flexibility index (Phi) is 2.86. The predicted octanol–water partition coefficient (Wildman–Crippen LogP) is 2.24. The molecule has 0 amide bonds. The summed E-state index contributed by atoms with van der Waals surface area (Å²) < 4.78 is 1.66. The standard InChI is InChI=1S/C13H14N2O/c1-3-15-10(2)9-12(14-13(15)16)11-7-5-4-6-8-11/h4-9H,3H2,1-2H3. The molecular formula is C13H14N2O. The van der Waals surface area contributed by atoms with Crippen LogP contribution in [0.2, 0.25) is 0 Å². The van der Waals surface area contributed by atoms with Gasteiger partial charge in [0, 0.05) is 17.8 Å². The topological polar surface area (TPSA) is 34.9 Å². The highest BCUT2D eigenvalue weighted by molar-refractivity contribution is 5.58. The van der Waals surface area contributed by atoms with E-state index < -0.39 is 0 Å². The molecule has 0 saturated heterocycles. The van der Waals surface area contributed by atoms with Crippen molar-refractivity contribution in [3.05, 3.63) is 52.6 Å². The van der Waals surface area contributed by atoms with Gasteiger partial charge in [0.1, 0.15) is 0 Å². The van der Waals surface area contributed by atoms with E-state index >= 15 is 0 Å². The summed E-state index contributed by atoms with van der Waals surface area (Å²) in [7, 11) is 0. The van der Waals surface area contributed by atoms with Gasteiger partial charge in [-0.1, -0.05) is 30.3 Å². The zero-order valence-corrected chi connectivity index (χ0v) is 9.47. The summed E-state index contributed by atoms with van der Waals surface area (Å²) in [5, 5.41) is 0. The minimum atomic E-state index is -0.179. The molecule has 16 heavy (non-hydrogen) atoms. The van der Waals surface area contributed by atoms with Gasteiger partial charge in [0.25, 0.3) is 0 Å². The van der Waals surface area contributed by atoms with Crippen LogP contribution in [0.25, 0.3) is 11.3 Å². The molecule has 0 unspecified atom stereocenters. The lowest BCUT2D eigenvalue weighted by atomic mass is 10.1. The van der Waals surface area contributed by atoms with E-state index in [1.165, 1.54) is 0 Å². The van der Waals surface area contributed by atoms with Gasteiger partial charge in [-0.15, -0.1) is 0 Å². The molecule has 1 heterocycles. The first-order valence-corrected chi connectivity index (χ1v) is 5.36. The molecule has 0 N–H and O–H groups in total. The second kappa shape index (κ2) is 4.31. The minimum Gasteiger partial charge on any atom is -0.297 e. The Bertz CT molecular complexity index is 544. The third kappa shape index (κ3) is 1.89. The molecule has 0 bridgehead atoms. The van der Waals surface area contributed by atoms with Crippen molar-refractivity contribution in [2.75, 3.05) is 0 Å². The Morgan fingerprint density at radius 1 is 1.25 bits per heavy atom. The molecule has 0 fully saturated rings. The van der Waals surface area contributed by atoms with Crippen LogP contribution >= 0.6 is 0 Å². The molecule has 2 aromatic rings. The Labute approximate surface area is 94.4 Å². The summed E-state index contributed by atoms with van der Waals surface area (Å²) in [6.45, 7) is 4.53. The summed E-state index contributed by atoms with van der Waals surface area (Å²) in [6.07, 6.45) is 0. The van der Waals surface area contributed by atoms with Gasteiger partial charge in [-0.05, 0) is 19.9 Å². The summed E-state index contributed by atoms with van der Waals surface area (Å²) in [6, 6.07) is 11.7. The van der Waals surface area contributed by atoms with Gasteiger partial charge in [-0.25, -0.2) is 4.79 Å². The number of nitrogens with zero attached hydrogens (tertiary/aromatic N) is 2. The third-order valence-corrected chi connectivity index (χ3v) is 2.60. The van der Waals surface area contributed by atoms with Crippen molar-refractivity contribution < 1.29 is 0 Å². The lowest BCUT2D eigenvalue weighted by Gasteiger charge is -2.08. The van der Waals surface area contributed by atoms with E-state index in [1.54, 1.807) is 4.57 Å². The molecule has 0 atom stereocenters. The van der Waals surface area contributed by atoms with Gasteiger partial charge in [0.15, 0.2) is 0 Å². The maximum atomic E-state index is 11.7. The van der Waals surface area contributed by atoms with Crippen LogP contribution in [0.4, 0.5) is 0 Å². The lowest BCUT2D eigenvalue weighted by molar-refractivity contribution is 0.676. The van der Waals surface area contributed by atoms with E-state index in [2.05, 4.69) is 4.98 Å². The maximum Gasteiger partial charge on any atom is 0.348 e. The SMILES string of the molecule is CCn1c(C)cc(-c2ccccc2)nc1=O. The third-order valence-electron chi connectivity index (χ3n) is 2.60. The van der Waals surface area contributed by atoms with E-state index in [0.29, 0.717) is 6.54 Å². The summed E-state index contributed by atoms with van der Waals surface area (Å²) in [5.41, 5.74) is 2.49. The van der Waals surface area contributed by atoms with Crippen LogP contribution in [-0.4, -0.2) is 9.55 Å². The number of aromatic nitrogens is 2. The number of rotatable bonds is 2. The molecule has 0 radical (unpaired) electrons. The first kappa shape index (κ1) is 10.6. The van der Waals surface area contributed by atoms with Crippen LogP contribution in [0.5, 0.6) is 0 Å². The van der Waals surface area contributed by atoms with Crippen LogP contribution in [0.15, 0.2) is 41.2 Å². The lowest BCUT2D eigenvalue weighted by Crippen LogP contribution is -2.24. The molecule has 1 aromatic heterocycles. The second-order valence-corrected chi connectivity index (χ2v) is 3.68. The fourth-order valence-corrected chi connectivity index (χ4v) is 1.76. The van der Waals surface area contributed by atoms with Gasteiger partial charge in [0.05, 0.1) is 5.69 Å². The van der Waals surface area contributed by atoms with E-state index in [0.717, 1.165) is 17.0 Å². The van der Waals surface area contributed by atoms with Crippen LogP contribution in [0.1, 0.15) is 12.6 Å². The van der Waals surface area contributed by atoms with Gasteiger partial charge >= 0.3 is 5.69 Å². The highest BCUT2D eigenvalue weighted by Crippen LogP contribution is 2.15. The van der Waals surface area contributed by atoms with Crippen molar-refractivity contribution in [1.29, 1.82) is 0 Å². The molecular weight excluding hydrogens is 200 g/mol. The average Bonchev–Trinajstić information content (AvgIpc) is 2.30. The van der Waals surface area contributed by atoms with Crippen molar-refractivity contribution in [3.8, 4) is 11.3 Å². The van der Waals surface area contributed by atoms with E-state index in [4.69, 9.17) is 0 Å².